The Morgan fingerprint density at radius 1 is 1.36 bits per heavy atom. The number of pyridine rings is 1. The number of nitrogens with zero attached hydrogens (tertiary/aromatic N) is 2. The number of fused-ring (bicyclic) bond motifs is 1. The number of hydrogen-bond donors (Lipinski definition) is 0. The molecule has 0 bridgehead atoms. The van der Waals surface area contributed by atoms with Gasteiger partial charge in [-0.2, -0.15) is 13.2 Å². The molecule has 0 radical (unpaired) electrons. The minimum absolute atomic E-state index is 0.0373. The van der Waals surface area contributed by atoms with E-state index in [1.54, 1.807) is 4.90 Å². The van der Waals surface area contributed by atoms with E-state index in [0.29, 0.717) is 30.1 Å². The third kappa shape index (κ3) is 2.96. The van der Waals surface area contributed by atoms with Crippen LogP contribution in [0.15, 0.2) is 12.3 Å². The van der Waals surface area contributed by atoms with E-state index >= 15 is 0 Å². The summed E-state index contributed by atoms with van der Waals surface area (Å²) >= 11 is 0. The van der Waals surface area contributed by atoms with Crippen LogP contribution in [0.2, 0.25) is 0 Å². The van der Waals surface area contributed by atoms with Crippen LogP contribution in [0.25, 0.3) is 0 Å². The Balaban J connectivity index is 1.76. The van der Waals surface area contributed by atoms with Crippen LogP contribution in [-0.4, -0.2) is 22.3 Å². The number of hydrogen-bond acceptors (Lipinski definition) is 2. The molecular formula is C16H19F3N2O. The first-order chi connectivity index (χ1) is 10.3. The molecule has 1 saturated carbocycles. The summed E-state index contributed by atoms with van der Waals surface area (Å²) in [7, 11) is 0. The fraction of sp³-hybridized carbons (Fsp3) is 0.625. The third-order valence-electron chi connectivity index (χ3n) is 4.72. The smallest absolute Gasteiger partial charge is 0.338 e. The molecule has 0 aromatic carbocycles. The van der Waals surface area contributed by atoms with Crippen LogP contribution in [0, 0.1) is 11.8 Å². The first kappa shape index (κ1) is 15.3. The monoisotopic (exact) mass is 312 g/mol. The molecule has 1 amide bonds. The van der Waals surface area contributed by atoms with Gasteiger partial charge in [-0.3, -0.25) is 9.78 Å². The van der Waals surface area contributed by atoms with Crippen LogP contribution in [0.3, 0.4) is 0 Å². The molecule has 2 aliphatic rings. The molecule has 22 heavy (non-hydrogen) atoms. The normalized spacial score (nSPS) is 25.2. The lowest BCUT2D eigenvalue weighted by Gasteiger charge is -2.30. The Hall–Kier alpha value is -1.59. The van der Waals surface area contributed by atoms with Crippen LogP contribution in [0.4, 0.5) is 13.2 Å². The molecule has 3 nitrogen and oxygen atoms in total. The van der Waals surface area contributed by atoms with Gasteiger partial charge in [0.1, 0.15) is 0 Å². The van der Waals surface area contributed by atoms with Crippen LogP contribution in [0.5, 0.6) is 0 Å². The average Bonchev–Trinajstić information content (AvgIpc) is 2.91. The maximum atomic E-state index is 12.8. The van der Waals surface area contributed by atoms with Gasteiger partial charge in [0.05, 0.1) is 5.56 Å². The quantitative estimate of drug-likeness (QED) is 0.796. The van der Waals surface area contributed by atoms with Gasteiger partial charge < -0.3 is 4.90 Å². The predicted molar refractivity (Wildman–Crippen MR) is 74.9 cm³/mol. The van der Waals surface area contributed by atoms with Gasteiger partial charge in [0.25, 0.3) is 0 Å². The molecule has 120 valence electrons. The molecular weight excluding hydrogens is 293 g/mol. The minimum atomic E-state index is -4.39. The Morgan fingerprint density at radius 3 is 2.77 bits per heavy atom. The van der Waals surface area contributed by atoms with Gasteiger partial charge in [0, 0.05) is 37.3 Å². The third-order valence-corrected chi connectivity index (χ3v) is 4.72. The molecule has 2 atom stereocenters. The van der Waals surface area contributed by atoms with Gasteiger partial charge >= 0.3 is 6.18 Å². The van der Waals surface area contributed by atoms with Gasteiger partial charge in [-0.05, 0) is 36.8 Å². The number of amides is 1. The molecule has 1 aromatic rings. The van der Waals surface area contributed by atoms with E-state index < -0.39 is 11.7 Å². The lowest BCUT2D eigenvalue weighted by atomic mass is 10.00. The van der Waals surface area contributed by atoms with Gasteiger partial charge in [-0.15, -0.1) is 0 Å². The number of halogens is 3. The highest BCUT2D eigenvalue weighted by atomic mass is 19.4. The van der Waals surface area contributed by atoms with E-state index in [0.717, 1.165) is 31.5 Å². The number of alkyl halides is 3. The highest BCUT2D eigenvalue weighted by Gasteiger charge is 2.35. The Bertz CT molecular complexity index is 585. The van der Waals surface area contributed by atoms with Crippen molar-refractivity contribution in [2.45, 2.75) is 45.3 Å². The zero-order valence-electron chi connectivity index (χ0n) is 12.5. The molecule has 1 aliphatic carbocycles. The summed E-state index contributed by atoms with van der Waals surface area (Å²) in [5.41, 5.74) is 0.465. The van der Waals surface area contributed by atoms with Crippen LogP contribution >= 0.6 is 0 Å². The van der Waals surface area contributed by atoms with Crippen molar-refractivity contribution in [1.82, 2.24) is 9.88 Å². The first-order valence-corrected chi connectivity index (χ1v) is 7.68. The highest BCUT2D eigenvalue weighted by molar-refractivity contribution is 5.79. The molecule has 1 aliphatic heterocycles. The highest BCUT2D eigenvalue weighted by Crippen LogP contribution is 2.34. The van der Waals surface area contributed by atoms with Crippen LogP contribution in [0.1, 0.15) is 43.0 Å². The molecule has 3 rings (SSSR count). The Morgan fingerprint density at radius 2 is 2.14 bits per heavy atom. The summed E-state index contributed by atoms with van der Waals surface area (Å²) in [5.74, 6) is 0.687. The van der Waals surface area contributed by atoms with Crippen molar-refractivity contribution in [3.63, 3.8) is 0 Å². The van der Waals surface area contributed by atoms with Gasteiger partial charge in [-0.1, -0.05) is 6.92 Å². The predicted octanol–water partition coefficient (Wildman–Crippen LogP) is 3.42. The Labute approximate surface area is 127 Å². The van der Waals surface area contributed by atoms with Crippen molar-refractivity contribution in [3.8, 4) is 0 Å². The fourth-order valence-electron chi connectivity index (χ4n) is 3.46. The molecule has 1 unspecified atom stereocenters. The molecule has 1 aromatic heterocycles. The second-order valence-corrected chi connectivity index (χ2v) is 6.45. The maximum absolute atomic E-state index is 12.8. The van der Waals surface area contributed by atoms with Crippen molar-refractivity contribution in [3.05, 3.63) is 29.1 Å². The largest absolute Gasteiger partial charge is 0.417 e. The van der Waals surface area contributed by atoms with E-state index in [2.05, 4.69) is 11.9 Å². The molecule has 1 fully saturated rings. The average molecular weight is 312 g/mol. The summed E-state index contributed by atoms with van der Waals surface area (Å²) in [6.45, 7) is 2.93. The number of carbonyl (C=O) groups is 1. The number of carbonyl (C=O) groups excluding carboxylic acids is 1. The molecule has 6 heteroatoms. The topological polar surface area (TPSA) is 33.2 Å². The van der Waals surface area contributed by atoms with Crippen molar-refractivity contribution in [2.24, 2.45) is 11.8 Å². The van der Waals surface area contributed by atoms with E-state index in [1.807, 2.05) is 0 Å². The van der Waals surface area contributed by atoms with E-state index in [1.165, 1.54) is 0 Å². The van der Waals surface area contributed by atoms with Gasteiger partial charge in [0.15, 0.2) is 0 Å². The fourth-order valence-corrected chi connectivity index (χ4v) is 3.46. The number of aromatic nitrogens is 1. The zero-order chi connectivity index (χ0) is 15.9. The lowest BCUT2D eigenvalue weighted by Crippen LogP contribution is -2.39. The van der Waals surface area contributed by atoms with Crippen LogP contribution < -0.4 is 0 Å². The molecule has 0 spiro atoms. The van der Waals surface area contributed by atoms with Crippen LogP contribution in [-0.2, 0) is 23.9 Å². The summed E-state index contributed by atoms with van der Waals surface area (Å²) < 4.78 is 38.3. The second-order valence-electron chi connectivity index (χ2n) is 6.45. The summed E-state index contributed by atoms with van der Waals surface area (Å²) in [6, 6.07) is 1.14. The molecule has 0 N–H and O–H groups in total. The van der Waals surface area contributed by atoms with Crippen molar-refractivity contribution in [1.29, 1.82) is 0 Å². The van der Waals surface area contributed by atoms with Gasteiger partial charge in [0.2, 0.25) is 5.91 Å². The molecule has 2 heterocycles. The van der Waals surface area contributed by atoms with Gasteiger partial charge in [-0.25, -0.2) is 0 Å². The zero-order valence-corrected chi connectivity index (χ0v) is 12.5. The lowest BCUT2D eigenvalue weighted by molar-refractivity contribution is -0.137. The SMILES string of the molecule is C[C@@H]1CCC(C(=O)N2CCc3ncc(C(F)(F)F)cc3C2)C1. The Kier molecular flexibility index (Phi) is 3.87. The van der Waals surface area contributed by atoms with E-state index in [9.17, 15) is 18.0 Å². The second kappa shape index (κ2) is 5.56. The first-order valence-electron chi connectivity index (χ1n) is 7.68. The minimum Gasteiger partial charge on any atom is -0.338 e. The van der Waals surface area contributed by atoms with E-state index in [4.69, 9.17) is 0 Å². The number of rotatable bonds is 1. The standard InChI is InChI=1S/C16H19F3N2O/c1-10-2-3-11(6-10)15(22)21-5-4-14-12(9-21)7-13(8-20-14)16(17,18)19/h7-8,10-11H,2-6,9H2,1H3/t10-,11?/m1/s1. The van der Waals surface area contributed by atoms with Crippen molar-refractivity contribution < 1.29 is 18.0 Å². The summed E-state index contributed by atoms with van der Waals surface area (Å²) in [5, 5.41) is 0. The summed E-state index contributed by atoms with van der Waals surface area (Å²) in [4.78, 5) is 18.2. The van der Waals surface area contributed by atoms with Crippen molar-refractivity contribution >= 4 is 5.91 Å². The van der Waals surface area contributed by atoms with Crippen molar-refractivity contribution in [2.75, 3.05) is 6.54 Å². The molecule has 0 saturated heterocycles. The van der Waals surface area contributed by atoms with E-state index in [-0.39, 0.29) is 18.4 Å². The summed E-state index contributed by atoms with van der Waals surface area (Å²) in [6.07, 6.45) is -0.139. The maximum Gasteiger partial charge on any atom is 0.417 e.